The maximum Gasteiger partial charge on any atom is 0.268 e. The van der Waals surface area contributed by atoms with E-state index in [1.54, 1.807) is 36.4 Å². The molecule has 1 aromatic carbocycles. The third-order valence-corrected chi connectivity index (χ3v) is 3.77. The number of nitrogens with zero attached hydrogens (tertiary/aromatic N) is 4. The van der Waals surface area contributed by atoms with Crippen LogP contribution in [0.15, 0.2) is 53.3 Å². The molecule has 24 heavy (non-hydrogen) atoms. The Kier molecular flexibility index (Phi) is 3.45. The van der Waals surface area contributed by atoms with Crippen molar-refractivity contribution in [3.63, 3.8) is 0 Å². The highest BCUT2D eigenvalue weighted by Crippen LogP contribution is 2.34. The minimum Gasteiger partial charge on any atom is -0.479 e. The number of carbonyl (C=O) groups is 1. The number of amides is 1. The lowest BCUT2D eigenvalue weighted by Gasteiger charge is -2.31. The van der Waals surface area contributed by atoms with Crippen molar-refractivity contribution in [3.8, 4) is 17.1 Å². The number of benzene rings is 1. The van der Waals surface area contributed by atoms with Gasteiger partial charge in [0.25, 0.3) is 5.91 Å². The molecule has 0 saturated carbocycles. The van der Waals surface area contributed by atoms with Crippen molar-refractivity contribution >= 4 is 11.6 Å². The normalized spacial score (nSPS) is 16.6. The molecule has 0 unspecified atom stereocenters. The lowest BCUT2D eigenvalue weighted by molar-refractivity contribution is -0.125. The summed E-state index contributed by atoms with van der Waals surface area (Å²) in [6, 6.07) is 11.0. The van der Waals surface area contributed by atoms with E-state index in [0.29, 0.717) is 23.2 Å². The molecule has 2 aromatic heterocycles. The third-order valence-electron chi connectivity index (χ3n) is 3.77. The molecular formula is C17H14N4O3. The van der Waals surface area contributed by atoms with Crippen LogP contribution in [0.2, 0.25) is 0 Å². The van der Waals surface area contributed by atoms with E-state index >= 15 is 0 Å². The number of aromatic nitrogens is 3. The highest BCUT2D eigenvalue weighted by Gasteiger charge is 2.32. The number of para-hydroxylation sites is 2. The number of anilines is 1. The van der Waals surface area contributed by atoms with Crippen molar-refractivity contribution in [1.82, 2.24) is 15.1 Å². The van der Waals surface area contributed by atoms with Gasteiger partial charge in [-0.05, 0) is 31.2 Å². The molecule has 0 aliphatic carbocycles. The van der Waals surface area contributed by atoms with Gasteiger partial charge in [-0.25, -0.2) is 0 Å². The molecule has 0 bridgehead atoms. The molecule has 7 nitrogen and oxygen atoms in total. The van der Waals surface area contributed by atoms with Crippen molar-refractivity contribution < 1.29 is 14.1 Å². The second-order valence-electron chi connectivity index (χ2n) is 5.40. The summed E-state index contributed by atoms with van der Waals surface area (Å²) in [7, 11) is 0. The molecule has 1 atom stereocenters. The quantitative estimate of drug-likeness (QED) is 0.737. The minimum absolute atomic E-state index is 0.141. The topological polar surface area (TPSA) is 81.3 Å². The molecule has 3 aromatic rings. The number of pyridine rings is 1. The predicted molar refractivity (Wildman–Crippen MR) is 85.3 cm³/mol. The molecule has 1 aliphatic heterocycles. The van der Waals surface area contributed by atoms with Gasteiger partial charge in [-0.3, -0.25) is 14.7 Å². The van der Waals surface area contributed by atoms with Crippen LogP contribution < -0.4 is 9.64 Å². The zero-order chi connectivity index (χ0) is 16.5. The standard InChI is InChI=1S/C17H14N4O3/c1-11-17(22)21(13-4-2-3-5-14(13)23-11)10-15-19-16(20-24-15)12-6-8-18-9-7-12/h2-9,11H,10H2,1H3/t11-/m1/s1. The van der Waals surface area contributed by atoms with E-state index in [1.807, 2.05) is 24.3 Å². The van der Waals surface area contributed by atoms with Gasteiger partial charge in [-0.15, -0.1) is 0 Å². The predicted octanol–water partition coefficient (Wildman–Crippen LogP) is 2.45. The van der Waals surface area contributed by atoms with Crippen LogP contribution in [0, 0.1) is 0 Å². The molecule has 1 amide bonds. The first-order valence-electron chi connectivity index (χ1n) is 7.52. The fraction of sp³-hybridized carbons (Fsp3) is 0.176. The van der Waals surface area contributed by atoms with Crippen LogP contribution in [0.1, 0.15) is 12.8 Å². The number of hydrogen-bond acceptors (Lipinski definition) is 6. The van der Waals surface area contributed by atoms with Crippen molar-refractivity contribution in [2.45, 2.75) is 19.6 Å². The van der Waals surface area contributed by atoms with E-state index in [9.17, 15) is 4.79 Å². The Bertz CT molecular complexity index is 878. The average Bonchev–Trinajstić information content (AvgIpc) is 3.08. The van der Waals surface area contributed by atoms with Crippen molar-refractivity contribution in [2.75, 3.05) is 4.90 Å². The van der Waals surface area contributed by atoms with Crippen LogP contribution in [0.3, 0.4) is 0 Å². The molecule has 7 heteroatoms. The molecule has 120 valence electrons. The van der Waals surface area contributed by atoms with Crippen LogP contribution in [0.25, 0.3) is 11.4 Å². The summed E-state index contributed by atoms with van der Waals surface area (Å²) in [4.78, 5) is 22.4. The van der Waals surface area contributed by atoms with E-state index in [-0.39, 0.29) is 12.5 Å². The van der Waals surface area contributed by atoms with Gasteiger partial charge in [0.2, 0.25) is 11.7 Å². The Morgan fingerprint density at radius 1 is 1.17 bits per heavy atom. The first kappa shape index (κ1) is 14.4. The molecule has 0 saturated heterocycles. The maximum atomic E-state index is 12.5. The van der Waals surface area contributed by atoms with Gasteiger partial charge in [-0.2, -0.15) is 4.98 Å². The number of fused-ring (bicyclic) bond motifs is 1. The maximum absolute atomic E-state index is 12.5. The van der Waals surface area contributed by atoms with Gasteiger partial charge in [0.15, 0.2) is 6.10 Å². The van der Waals surface area contributed by atoms with Crippen molar-refractivity contribution in [3.05, 3.63) is 54.7 Å². The van der Waals surface area contributed by atoms with Gasteiger partial charge in [0, 0.05) is 18.0 Å². The zero-order valence-corrected chi connectivity index (χ0v) is 12.9. The zero-order valence-electron chi connectivity index (χ0n) is 12.9. The largest absolute Gasteiger partial charge is 0.479 e. The summed E-state index contributed by atoms with van der Waals surface area (Å²) >= 11 is 0. The Morgan fingerprint density at radius 2 is 1.96 bits per heavy atom. The van der Waals surface area contributed by atoms with E-state index in [2.05, 4.69) is 15.1 Å². The average molecular weight is 322 g/mol. The third kappa shape index (κ3) is 2.50. The van der Waals surface area contributed by atoms with E-state index in [0.717, 1.165) is 5.56 Å². The second-order valence-corrected chi connectivity index (χ2v) is 5.40. The first-order chi connectivity index (χ1) is 11.7. The number of rotatable bonds is 3. The summed E-state index contributed by atoms with van der Waals surface area (Å²) in [5.74, 6) is 1.35. The van der Waals surface area contributed by atoms with E-state index in [4.69, 9.17) is 9.26 Å². The molecular weight excluding hydrogens is 308 g/mol. The van der Waals surface area contributed by atoms with Gasteiger partial charge >= 0.3 is 0 Å². The van der Waals surface area contributed by atoms with Gasteiger partial charge in [0.1, 0.15) is 12.3 Å². The van der Waals surface area contributed by atoms with Crippen LogP contribution in [0.5, 0.6) is 5.75 Å². The van der Waals surface area contributed by atoms with Crippen LogP contribution >= 0.6 is 0 Å². The van der Waals surface area contributed by atoms with Crippen LogP contribution in [0.4, 0.5) is 5.69 Å². The fourth-order valence-corrected chi connectivity index (χ4v) is 2.59. The van der Waals surface area contributed by atoms with Crippen LogP contribution in [-0.4, -0.2) is 27.1 Å². The Morgan fingerprint density at radius 3 is 2.79 bits per heavy atom. The van der Waals surface area contributed by atoms with Crippen LogP contribution in [-0.2, 0) is 11.3 Å². The summed E-state index contributed by atoms with van der Waals surface area (Å²) in [6.07, 6.45) is 2.77. The first-order valence-corrected chi connectivity index (χ1v) is 7.52. The van der Waals surface area contributed by atoms with Gasteiger partial charge in [-0.1, -0.05) is 17.3 Å². The van der Waals surface area contributed by atoms with Crippen molar-refractivity contribution in [2.24, 2.45) is 0 Å². The monoisotopic (exact) mass is 322 g/mol. The Balaban J connectivity index is 1.64. The van der Waals surface area contributed by atoms with Crippen molar-refractivity contribution in [1.29, 1.82) is 0 Å². The minimum atomic E-state index is -0.553. The SMILES string of the molecule is C[C@H]1Oc2ccccc2N(Cc2nc(-c3ccncc3)no2)C1=O. The number of ether oxygens (including phenoxy) is 1. The summed E-state index contributed by atoms with van der Waals surface area (Å²) in [5.41, 5.74) is 1.51. The molecule has 0 radical (unpaired) electrons. The molecule has 0 fully saturated rings. The lowest BCUT2D eigenvalue weighted by Crippen LogP contribution is -2.44. The smallest absolute Gasteiger partial charge is 0.268 e. The molecule has 1 aliphatic rings. The summed E-state index contributed by atoms with van der Waals surface area (Å²) in [6.45, 7) is 1.92. The molecule has 4 rings (SSSR count). The van der Waals surface area contributed by atoms with Gasteiger partial charge in [0.05, 0.1) is 5.69 Å². The molecule has 0 N–H and O–H groups in total. The highest BCUT2D eigenvalue weighted by molar-refractivity contribution is 5.99. The second kappa shape index (κ2) is 5.77. The van der Waals surface area contributed by atoms with Gasteiger partial charge < -0.3 is 9.26 Å². The summed E-state index contributed by atoms with van der Waals surface area (Å²) < 4.78 is 10.9. The number of hydrogen-bond donors (Lipinski definition) is 0. The van der Waals surface area contributed by atoms with E-state index in [1.165, 1.54) is 0 Å². The number of carbonyl (C=O) groups excluding carboxylic acids is 1. The molecule has 0 spiro atoms. The highest BCUT2D eigenvalue weighted by atomic mass is 16.5. The van der Waals surface area contributed by atoms with E-state index < -0.39 is 6.10 Å². The summed E-state index contributed by atoms with van der Waals surface area (Å²) in [5, 5.41) is 3.97. The Hall–Kier alpha value is -3.22. The lowest BCUT2D eigenvalue weighted by atomic mass is 10.2. The molecule has 3 heterocycles. The Labute approximate surface area is 137 Å². The fourth-order valence-electron chi connectivity index (χ4n) is 2.59.